The Morgan fingerprint density at radius 1 is 1.50 bits per heavy atom. The summed E-state index contributed by atoms with van der Waals surface area (Å²) in [6.07, 6.45) is 0. The summed E-state index contributed by atoms with van der Waals surface area (Å²) in [5.41, 5.74) is 1.54. The van der Waals surface area contributed by atoms with Crippen LogP contribution in [0, 0.1) is 0 Å². The second kappa shape index (κ2) is 3.67. The van der Waals surface area contributed by atoms with Crippen molar-refractivity contribution in [1.82, 2.24) is 10.3 Å². The van der Waals surface area contributed by atoms with Gasteiger partial charge in [0.2, 0.25) is 5.89 Å². The fraction of sp³-hybridized carbons (Fsp3) is 0.300. The summed E-state index contributed by atoms with van der Waals surface area (Å²) in [5.74, 6) is 1.39. The lowest BCUT2D eigenvalue weighted by molar-refractivity contribution is 0.405. The molecule has 0 spiro atoms. The number of rotatable bonds is 3. The van der Waals surface area contributed by atoms with E-state index in [2.05, 4.69) is 10.3 Å². The van der Waals surface area contributed by atoms with Crippen molar-refractivity contribution in [3.63, 3.8) is 0 Å². The fourth-order valence-corrected chi connectivity index (χ4v) is 1.36. The minimum atomic E-state index is 0.623. The highest BCUT2D eigenvalue weighted by Crippen LogP contribution is 2.25. The normalized spacial score (nSPS) is 10.7. The smallest absolute Gasteiger partial charge is 0.209 e. The van der Waals surface area contributed by atoms with Crippen LogP contribution >= 0.6 is 0 Å². The van der Waals surface area contributed by atoms with Gasteiger partial charge in [-0.3, -0.25) is 0 Å². The highest BCUT2D eigenvalue weighted by Gasteiger charge is 2.08. The van der Waals surface area contributed by atoms with Crippen molar-refractivity contribution >= 4 is 11.1 Å². The number of aromatic nitrogens is 1. The van der Waals surface area contributed by atoms with Gasteiger partial charge in [-0.15, -0.1) is 0 Å². The highest BCUT2D eigenvalue weighted by molar-refractivity contribution is 5.79. The monoisotopic (exact) mass is 192 g/mol. The lowest BCUT2D eigenvalue weighted by atomic mass is 10.3. The van der Waals surface area contributed by atoms with Crippen LogP contribution in [0.1, 0.15) is 5.89 Å². The first-order valence-electron chi connectivity index (χ1n) is 4.42. The van der Waals surface area contributed by atoms with Crippen LogP contribution in [0.25, 0.3) is 11.1 Å². The number of fused-ring (bicyclic) bond motifs is 1. The third-order valence-electron chi connectivity index (χ3n) is 1.97. The van der Waals surface area contributed by atoms with Gasteiger partial charge in [-0.05, 0) is 19.2 Å². The highest BCUT2D eigenvalue weighted by atomic mass is 16.5. The quantitative estimate of drug-likeness (QED) is 0.801. The summed E-state index contributed by atoms with van der Waals surface area (Å²) in [7, 11) is 3.47. The molecule has 4 nitrogen and oxygen atoms in total. The van der Waals surface area contributed by atoms with Crippen LogP contribution in [-0.2, 0) is 6.54 Å². The van der Waals surface area contributed by atoms with Crippen LogP contribution in [-0.4, -0.2) is 19.1 Å². The van der Waals surface area contributed by atoms with Crippen molar-refractivity contribution in [2.75, 3.05) is 14.2 Å². The van der Waals surface area contributed by atoms with Crippen molar-refractivity contribution in [3.8, 4) is 5.75 Å². The van der Waals surface area contributed by atoms with E-state index in [1.54, 1.807) is 7.11 Å². The molecule has 4 heteroatoms. The van der Waals surface area contributed by atoms with Gasteiger partial charge in [0.05, 0.1) is 13.7 Å². The Morgan fingerprint density at radius 2 is 2.36 bits per heavy atom. The molecule has 0 saturated carbocycles. The standard InChI is InChI=1S/C10H12N2O2/c1-11-6-9-12-7-4-3-5-8(13-2)10(7)14-9/h3-5,11H,6H2,1-2H3. The number of nitrogens with one attached hydrogen (secondary N) is 1. The van der Waals surface area contributed by atoms with Gasteiger partial charge in [-0.1, -0.05) is 6.07 Å². The molecular formula is C10H12N2O2. The predicted octanol–water partition coefficient (Wildman–Crippen LogP) is 1.56. The zero-order valence-corrected chi connectivity index (χ0v) is 8.20. The number of hydrogen-bond donors (Lipinski definition) is 1. The summed E-state index contributed by atoms with van der Waals surface area (Å²) >= 11 is 0. The van der Waals surface area contributed by atoms with Crippen LogP contribution in [0.4, 0.5) is 0 Å². The number of benzene rings is 1. The van der Waals surface area contributed by atoms with Gasteiger partial charge in [-0.2, -0.15) is 0 Å². The molecule has 0 aliphatic rings. The molecule has 0 bridgehead atoms. The van der Waals surface area contributed by atoms with Crippen LogP contribution in [0.5, 0.6) is 5.75 Å². The number of methoxy groups -OCH3 is 1. The molecular weight excluding hydrogens is 180 g/mol. The Labute approximate surface area is 81.9 Å². The molecule has 0 aliphatic heterocycles. The van der Waals surface area contributed by atoms with E-state index >= 15 is 0 Å². The molecule has 0 amide bonds. The first-order chi connectivity index (χ1) is 6.85. The van der Waals surface area contributed by atoms with Gasteiger partial charge in [0.25, 0.3) is 0 Å². The van der Waals surface area contributed by atoms with E-state index in [9.17, 15) is 0 Å². The molecule has 14 heavy (non-hydrogen) atoms. The van der Waals surface area contributed by atoms with Crippen LogP contribution in [0.3, 0.4) is 0 Å². The average molecular weight is 192 g/mol. The minimum absolute atomic E-state index is 0.623. The lowest BCUT2D eigenvalue weighted by Gasteiger charge is -1.97. The van der Waals surface area contributed by atoms with E-state index in [0.29, 0.717) is 18.0 Å². The first kappa shape index (κ1) is 9.02. The van der Waals surface area contributed by atoms with Gasteiger partial charge < -0.3 is 14.5 Å². The molecule has 74 valence electrons. The molecule has 2 aromatic rings. The van der Waals surface area contributed by atoms with Gasteiger partial charge in [0, 0.05) is 0 Å². The Balaban J connectivity index is 2.52. The zero-order valence-electron chi connectivity index (χ0n) is 8.20. The maximum atomic E-state index is 5.53. The number of hydrogen-bond acceptors (Lipinski definition) is 4. The summed E-state index contributed by atoms with van der Waals surface area (Å²) in [6.45, 7) is 0.623. The molecule has 0 radical (unpaired) electrons. The third kappa shape index (κ3) is 1.44. The van der Waals surface area contributed by atoms with E-state index in [0.717, 1.165) is 11.3 Å². The molecule has 0 fully saturated rings. The Kier molecular flexibility index (Phi) is 2.37. The largest absolute Gasteiger partial charge is 0.493 e. The molecule has 1 aromatic heterocycles. The number of oxazole rings is 1. The molecule has 1 heterocycles. The molecule has 0 saturated heterocycles. The summed E-state index contributed by atoms with van der Waals surface area (Å²) in [4.78, 5) is 4.30. The number of ether oxygens (including phenoxy) is 1. The van der Waals surface area contributed by atoms with Gasteiger partial charge in [0.1, 0.15) is 5.52 Å². The van der Waals surface area contributed by atoms with Gasteiger partial charge in [-0.25, -0.2) is 4.98 Å². The molecule has 0 aliphatic carbocycles. The van der Waals surface area contributed by atoms with Crippen molar-refractivity contribution in [2.45, 2.75) is 6.54 Å². The third-order valence-corrected chi connectivity index (χ3v) is 1.97. The second-order valence-electron chi connectivity index (χ2n) is 2.95. The SMILES string of the molecule is CNCc1nc2cccc(OC)c2o1. The average Bonchev–Trinajstić information content (AvgIpc) is 2.60. The molecule has 1 N–H and O–H groups in total. The summed E-state index contributed by atoms with van der Waals surface area (Å²) in [6, 6.07) is 5.66. The van der Waals surface area contributed by atoms with E-state index in [-0.39, 0.29) is 0 Å². The van der Waals surface area contributed by atoms with E-state index in [1.165, 1.54) is 0 Å². The Bertz CT molecular complexity index is 437. The fourth-order valence-electron chi connectivity index (χ4n) is 1.36. The lowest BCUT2D eigenvalue weighted by Crippen LogP contribution is -2.04. The van der Waals surface area contributed by atoms with Crippen molar-refractivity contribution < 1.29 is 9.15 Å². The first-order valence-corrected chi connectivity index (χ1v) is 4.42. The predicted molar refractivity (Wildman–Crippen MR) is 53.3 cm³/mol. The summed E-state index contributed by atoms with van der Waals surface area (Å²) in [5, 5.41) is 2.99. The van der Waals surface area contributed by atoms with Crippen molar-refractivity contribution in [1.29, 1.82) is 0 Å². The second-order valence-corrected chi connectivity index (χ2v) is 2.95. The van der Waals surface area contributed by atoms with Crippen molar-refractivity contribution in [2.24, 2.45) is 0 Å². The maximum Gasteiger partial charge on any atom is 0.209 e. The molecule has 2 rings (SSSR count). The van der Waals surface area contributed by atoms with Crippen LogP contribution < -0.4 is 10.1 Å². The molecule has 0 atom stereocenters. The molecule has 0 unspecified atom stereocenters. The zero-order chi connectivity index (χ0) is 9.97. The summed E-state index contributed by atoms with van der Waals surface area (Å²) < 4.78 is 10.7. The van der Waals surface area contributed by atoms with Crippen LogP contribution in [0.15, 0.2) is 22.6 Å². The Hall–Kier alpha value is -1.55. The van der Waals surface area contributed by atoms with E-state index < -0.39 is 0 Å². The van der Waals surface area contributed by atoms with E-state index in [4.69, 9.17) is 9.15 Å². The minimum Gasteiger partial charge on any atom is -0.493 e. The van der Waals surface area contributed by atoms with Gasteiger partial charge >= 0.3 is 0 Å². The van der Waals surface area contributed by atoms with Crippen LogP contribution in [0.2, 0.25) is 0 Å². The van der Waals surface area contributed by atoms with Gasteiger partial charge in [0.15, 0.2) is 11.3 Å². The maximum absolute atomic E-state index is 5.53. The van der Waals surface area contributed by atoms with E-state index in [1.807, 2.05) is 25.2 Å². The number of nitrogens with zero attached hydrogens (tertiary/aromatic N) is 1. The topological polar surface area (TPSA) is 47.3 Å². The molecule has 1 aromatic carbocycles. The van der Waals surface area contributed by atoms with Crippen molar-refractivity contribution in [3.05, 3.63) is 24.1 Å². The number of para-hydroxylation sites is 1. The Morgan fingerprint density at radius 3 is 3.07 bits per heavy atom.